The minimum atomic E-state index is -0.487. The number of amides is 1. The van der Waals surface area contributed by atoms with Crippen LogP contribution in [0.5, 0.6) is 0 Å². The summed E-state index contributed by atoms with van der Waals surface area (Å²) in [6, 6.07) is 8.01. The Hall–Kier alpha value is -2.25. The number of ether oxygens (including phenoxy) is 1. The van der Waals surface area contributed by atoms with Crippen molar-refractivity contribution >= 4 is 28.3 Å². The van der Waals surface area contributed by atoms with Gasteiger partial charge in [0.2, 0.25) is 0 Å². The molecule has 1 heterocycles. The Morgan fingerprint density at radius 2 is 1.92 bits per heavy atom. The van der Waals surface area contributed by atoms with Gasteiger partial charge in [0.15, 0.2) is 10.8 Å². The zero-order valence-electron chi connectivity index (χ0n) is 15.6. The third kappa shape index (κ3) is 5.37. The lowest BCUT2D eigenvalue weighted by Gasteiger charge is -2.24. The molecule has 0 aliphatic carbocycles. The van der Waals surface area contributed by atoms with Crippen LogP contribution in [-0.2, 0) is 11.3 Å². The molecule has 0 spiro atoms. The van der Waals surface area contributed by atoms with E-state index in [1.54, 1.807) is 24.4 Å². The summed E-state index contributed by atoms with van der Waals surface area (Å²) in [6.45, 7) is 10.3. The predicted octanol–water partition coefficient (Wildman–Crippen LogP) is 3.80. The van der Waals surface area contributed by atoms with Crippen molar-refractivity contribution in [1.82, 2.24) is 9.88 Å². The lowest BCUT2D eigenvalue weighted by Crippen LogP contribution is -2.29. The summed E-state index contributed by atoms with van der Waals surface area (Å²) in [4.78, 5) is 30.4. The molecule has 0 saturated carbocycles. The van der Waals surface area contributed by atoms with Crippen LogP contribution in [-0.4, -0.2) is 41.0 Å². The number of nitrogens with zero attached hydrogens (tertiary/aromatic N) is 2. The van der Waals surface area contributed by atoms with Gasteiger partial charge in [-0.2, -0.15) is 0 Å². The van der Waals surface area contributed by atoms with E-state index in [9.17, 15) is 9.59 Å². The highest BCUT2D eigenvalue weighted by atomic mass is 32.1. The normalized spacial score (nSPS) is 11.0. The molecule has 26 heavy (non-hydrogen) atoms. The van der Waals surface area contributed by atoms with Gasteiger partial charge in [-0.3, -0.25) is 15.0 Å². The molecule has 1 N–H and O–H groups in total. The van der Waals surface area contributed by atoms with E-state index >= 15 is 0 Å². The summed E-state index contributed by atoms with van der Waals surface area (Å²) in [5.41, 5.74) is 1.92. The summed E-state index contributed by atoms with van der Waals surface area (Å²) in [5, 5.41) is 4.66. The van der Waals surface area contributed by atoms with Gasteiger partial charge in [0.25, 0.3) is 5.91 Å². The predicted molar refractivity (Wildman–Crippen MR) is 104 cm³/mol. The van der Waals surface area contributed by atoms with Crippen LogP contribution in [0, 0.1) is 0 Å². The molecule has 0 bridgehead atoms. The Labute approximate surface area is 158 Å². The molecule has 0 fully saturated rings. The molecule has 1 aromatic heterocycles. The van der Waals surface area contributed by atoms with Crippen LogP contribution in [0.4, 0.5) is 5.13 Å². The van der Waals surface area contributed by atoms with Gasteiger partial charge in [0.1, 0.15) is 0 Å². The fourth-order valence-electron chi connectivity index (χ4n) is 2.45. The minimum Gasteiger partial charge on any atom is -0.461 e. The van der Waals surface area contributed by atoms with Crippen LogP contribution in [0.2, 0.25) is 0 Å². The molecular weight excluding hydrogens is 350 g/mol. The zero-order valence-corrected chi connectivity index (χ0v) is 16.4. The van der Waals surface area contributed by atoms with Crippen molar-refractivity contribution in [3.8, 4) is 0 Å². The number of hydrogen-bond acceptors (Lipinski definition) is 6. The first-order valence-corrected chi connectivity index (χ1v) is 9.59. The first-order valence-electron chi connectivity index (χ1n) is 8.71. The number of esters is 1. The molecule has 0 saturated heterocycles. The summed E-state index contributed by atoms with van der Waals surface area (Å²) in [5.74, 6) is -0.739. The second-order valence-electron chi connectivity index (χ2n) is 6.07. The Morgan fingerprint density at radius 3 is 2.50 bits per heavy atom. The maximum Gasteiger partial charge on any atom is 0.357 e. The van der Waals surface area contributed by atoms with Crippen LogP contribution in [0.15, 0.2) is 29.6 Å². The van der Waals surface area contributed by atoms with Crippen molar-refractivity contribution in [3.05, 3.63) is 46.5 Å². The SMILES string of the molecule is CCOC(=O)c1csc(NC(=O)c2ccc(CN(CC)C(C)C)cc2)n1. The number of rotatable bonds is 8. The Kier molecular flexibility index (Phi) is 7.29. The van der Waals surface area contributed by atoms with E-state index in [2.05, 4.69) is 36.0 Å². The molecule has 140 valence electrons. The van der Waals surface area contributed by atoms with Gasteiger partial charge in [0.05, 0.1) is 6.61 Å². The van der Waals surface area contributed by atoms with Gasteiger partial charge in [-0.25, -0.2) is 9.78 Å². The average molecular weight is 375 g/mol. The smallest absolute Gasteiger partial charge is 0.357 e. The van der Waals surface area contributed by atoms with E-state index in [0.717, 1.165) is 18.7 Å². The topological polar surface area (TPSA) is 71.5 Å². The molecule has 2 aromatic rings. The number of benzene rings is 1. The molecule has 0 aliphatic heterocycles. The van der Waals surface area contributed by atoms with Crippen molar-refractivity contribution in [2.24, 2.45) is 0 Å². The monoisotopic (exact) mass is 375 g/mol. The van der Waals surface area contributed by atoms with E-state index in [0.29, 0.717) is 16.7 Å². The van der Waals surface area contributed by atoms with E-state index < -0.39 is 5.97 Å². The third-order valence-electron chi connectivity index (χ3n) is 3.95. The Morgan fingerprint density at radius 1 is 1.23 bits per heavy atom. The second kappa shape index (κ2) is 9.45. The third-order valence-corrected chi connectivity index (χ3v) is 4.71. The fraction of sp³-hybridized carbons (Fsp3) is 0.421. The Bertz CT molecular complexity index is 741. The highest BCUT2D eigenvalue weighted by Gasteiger charge is 2.14. The summed E-state index contributed by atoms with van der Waals surface area (Å²) >= 11 is 1.19. The van der Waals surface area contributed by atoms with E-state index in [1.807, 2.05) is 12.1 Å². The highest BCUT2D eigenvalue weighted by molar-refractivity contribution is 7.14. The van der Waals surface area contributed by atoms with Crippen LogP contribution in [0.25, 0.3) is 0 Å². The van der Waals surface area contributed by atoms with Gasteiger partial charge < -0.3 is 4.74 Å². The zero-order chi connectivity index (χ0) is 19.1. The molecule has 1 aromatic carbocycles. The van der Waals surface area contributed by atoms with Crippen molar-refractivity contribution in [2.45, 2.75) is 40.3 Å². The molecular formula is C19H25N3O3S. The standard InChI is InChI=1S/C19H25N3O3S/c1-5-22(13(3)4)11-14-7-9-15(10-8-14)17(23)21-19-20-16(12-26-19)18(24)25-6-2/h7-10,12-13H,5-6,11H2,1-4H3,(H,20,21,23). The van der Waals surface area contributed by atoms with Gasteiger partial charge >= 0.3 is 5.97 Å². The van der Waals surface area contributed by atoms with E-state index in [-0.39, 0.29) is 18.2 Å². The van der Waals surface area contributed by atoms with Crippen molar-refractivity contribution in [3.63, 3.8) is 0 Å². The number of carbonyl (C=O) groups is 2. The maximum atomic E-state index is 12.3. The van der Waals surface area contributed by atoms with E-state index in [4.69, 9.17) is 4.74 Å². The summed E-state index contributed by atoms with van der Waals surface area (Å²) in [7, 11) is 0. The first-order chi connectivity index (χ1) is 12.4. The summed E-state index contributed by atoms with van der Waals surface area (Å²) in [6.07, 6.45) is 0. The maximum absolute atomic E-state index is 12.3. The van der Waals surface area contributed by atoms with Crippen molar-refractivity contribution in [1.29, 1.82) is 0 Å². The molecule has 0 unspecified atom stereocenters. The Balaban J connectivity index is 1.98. The van der Waals surface area contributed by atoms with Gasteiger partial charge in [0, 0.05) is 23.5 Å². The molecule has 2 rings (SSSR count). The van der Waals surface area contributed by atoms with Crippen LogP contribution >= 0.6 is 11.3 Å². The number of carbonyl (C=O) groups excluding carboxylic acids is 2. The highest BCUT2D eigenvalue weighted by Crippen LogP contribution is 2.18. The van der Waals surface area contributed by atoms with Crippen molar-refractivity contribution in [2.75, 3.05) is 18.5 Å². The van der Waals surface area contributed by atoms with Crippen LogP contribution in [0.1, 0.15) is 54.1 Å². The number of hydrogen-bond donors (Lipinski definition) is 1. The fourth-order valence-corrected chi connectivity index (χ4v) is 3.13. The van der Waals surface area contributed by atoms with Gasteiger partial charge in [-0.15, -0.1) is 11.3 Å². The molecule has 6 nitrogen and oxygen atoms in total. The number of nitrogens with one attached hydrogen (secondary N) is 1. The molecule has 7 heteroatoms. The quantitative estimate of drug-likeness (QED) is 0.711. The lowest BCUT2D eigenvalue weighted by molar-refractivity contribution is 0.0520. The first kappa shape index (κ1) is 20.1. The number of aromatic nitrogens is 1. The molecule has 1 amide bonds. The number of anilines is 1. The minimum absolute atomic E-state index is 0.204. The van der Waals surface area contributed by atoms with Gasteiger partial charge in [-0.05, 0) is 45.0 Å². The van der Waals surface area contributed by atoms with Crippen molar-refractivity contribution < 1.29 is 14.3 Å². The van der Waals surface area contributed by atoms with Crippen LogP contribution < -0.4 is 5.32 Å². The second-order valence-corrected chi connectivity index (χ2v) is 6.92. The van der Waals surface area contributed by atoms with E-state index in [1.165, 1.54) is 11.3 Å². The molecule has 0 atom stereocenters. The van der Waals surface area contributed by atoms with Gasteiger partial charge in [-0.1, -0.05) is 19.1 Å². The average Bonchev–Trinajstić information content (AvgIpc) is 3.08. The molecule has 0 aliphatic rings. The van der Waals surface area contributed by atoms with Crippen LogP contribution in [0.3, 0.4) is 0 Å². The number of thiazole rings is 1. The largest absolute Gasteiger partial charge is 0.461 e. The molecule has 0 radical (unpaired) electrons. The lowest BCUT2D eigenvalue weighted by atomic mass is 10.1. The summed E-state index contributed by atoms with van der Waals surface area (Å²) < 4.78 is 4.89.